The fourth-order valence-corrected chi connectivity index (χ4v) is 2.07. The number of ether oxygens (including phenoxy) is 1. The number of carbonyl (C=O) groups excluding carboxylic acids is 1. The zero-order valence-electron chi connectivity index (χ0n) is 8.83. The molecule has 1 fully saturated rings. The van der Waals surface area contributed by atoms with E-state index in [4.69, 9.17) is 16.3 Å². The molecule has 2 atom stereocenters. The molecule has 1 saturated heterocycles. The summed E-state index contributed by atoms with van der Waals surface area (Å²) in [6, 6.07) is 0. The highest BCUT2D eigenvalue weighted by atomic mass is 35.5. The van der Waals surface area contributed by atoms with Crippen LogP contribution in [0.25, 0.3) is 0 Å². The molecule has 1 rings (SSSR count). The van der Waals surface area contributed by atoms with Crippen LogP contribution in [-0.4, -0.2) is 43.5 Å². The Labute approximate surface area is 90.4 Å². The summed E-state index contributed by atoms with van der Waals surface area (Å²) in [5.41, 5.74) is 0. The Hall–Kier alpha value is -0.280. The van der Waals surface area contributed by atoms with Gasteiger partial charge in [0.2, 0.25) is 5.91 Å². The number of hydrogen-bond donors (Lipinski definition) is 0. The number of likely N-dealkylation sites (tertiary alicyclic amines) is 1. The first-order valence-electron chi connectivity index (χ1n) is 5.01. The Bertz CT molecular complexity index is 199. The number of alkyl halides is 1. The maximum Gasteiger partial charge on any atom is 0.223 e. The monoisotopic (exact) mass is 219 g/mol. The molecule has 1 heterocycles. The van der Waals surface area contributed by atoms with Crippen molar-refractivity contribution < 1.29 is 9.53 Å². The first-order valence-corrected chi connectivity index (χ1v) is 5.55. The van der Waals surface area contributed by atoms with Crippen molar-refractivity contribution in [3.8, 4) is 0 Å². The lowest BCUT2D eigenvalue weighted by molar-refractivity contribution is -0.130. The lowest BCUT2D eigenvalue weighted by Crippen LogP contribution is -2.29. The summed E-state index contributed by atoms with van der Waals surface area (Å²) < 4.78 is 5.12. The van der Waals surface area contributed by atoms with Gasteiger partial charge in [0.25, 0.3) is 0 Å². The number of halogens is 1. The summed E-state index contributed by atoms with van der Waals surface area (Å²) in [4.78, 5) is 13.4. The van der Waals surface area contributed by atoms with Crippen molar-refractivity contribution in [2.24, 2.45) is 11.8 Å². The van der Waals surface area contributed by atoms with Gasteiger partial charge >= 0.3 is 0 Å². The van der Waals surface area contributed by atoms with E-state index in [0.717, 1.165) is 19.7 Å². The van der Waals surface area contributed by atoms with Gasteiger partial charge in [-0.1, -0.05) is 6.92 Å². The van der Waals surface area contributed by atoms with Gasteiger partial charge in [-0.3, -0.25) is 4.79 Å². The van der Waals surface area contributed by atoms with Crippen molar-refractivity contribution in [3.05, 3.63) is 0 Å². The van der Waals surface area contributed by atoms with Gasteiger partial charge < -0.3 is 9.64 Å². The molecule has 0 aliphatic carbocycles. The lowest BCUT2D eigenvalue weighted by Gasteiger charge is -2.15. The van der Waals surface area contributed by atoms with Gasteiger partial charge in [-0.25, -0.2) is 0 Å². The second kappa shape index (κ2) is 5.56. The van der Waals surface area contributed by atoms with Crippen LogP contribution < -0.4 is 0 Å². The predicted molar refractivity (Wildman–Crippen MR) is 56.4 cm³/mol. The summed E-state index contributed by atoms with van der Waals surface area (Å²) in [5.74, 6) is 1.61. The van der Waals surface area contributed by atoms with Crippen molar-refractivity contribution in [2.45, 2.75) is 13.3 Å². The molecular formula is C10H18ClNO2. The van der Waals surface area contributed by atoms with E-state index in [1.165, 1.54) is 0 Å². The quantitative estimate of drug-likeness (QED) is 0.669. The summed E-state index contributed by atoms with van der Waals surface area (Å²) in [7, 11) is 1.70. The SMILES string of the molecule is COC[C@@H]1CN(C(=O)CCCl)C[C@@H]1C. The minimum atomic E-state index is 0.172. The van der Waals surface area contributed by atoms with Crippen LogP contribution in [0.2, 0.25) is 0 Å². The van der Waals surface area contributed by atoms with Gasteiger partial charge in [0.15, 0.2) is 0 Å². The fourth-order valence-electron chi connectivity index (χ4n) is 1.91. The van der Waals surface area contributed by atoms with Crippen molar-refractivity contribution >= 4 is 17.5 Å². The van der Waals surface area contributed by atoms with Gasteiger partial charge in [0, 0.05) is 38.4 Å². The third kappa shape index (κ3) is 2.85. The number of carbonyl (C=O) groups is 1. The maximum absolute atomic E-state index is 11.5. The molecule has 0 bridgehead atoms. The summed E-state index contributed by atoms with van der Waals surface area (Å²) in [6.45, 7) is 4.58. The Morgan fingerprint density at radius 2 is 2.29 bits per heavy atom. The normalized spacial score (nSPS) is 26.9. The minimum absolute atomic E-state index is 0.172. The average Bonchev–Trinajstić information content (AvgIpc) is 2.49. The van der Waals surface area contributed by atoms with Gasteiger partial charge in [0.1, 0.15) is 0 Å². The van der Waals surface area contributed by atoms with Crippen LogP contribution in [-0.2, 0) is 9.53 Å². The Balaban J connectivity index is 2.41. The molecule has 0 spiro atoms. The molecule has 0 aromatic rings. The van der Waals surface area contributed by atoms with Crippen LogP contribution in [0.15, 0.2) is 0 Å². The second-order valence-corrected chi connectivity index (χ2v) is 4.31. The predicted octanol–water partition coefficient (Wildman–Crippen LogP) is 1.36. The van der Waals surface area contributed by atoms with Gasteiger partial charge in [0.05, 0.1) is 6.61 Å². The highest BCUT2D eigenvalue weighted by Crippen LogP contribution is 2.23. The van der Waals surface area contributed by atoms with E-state index < -0.39 is 0 Å². The molecule has 82 valence electrons. The van der Waals surface area contributed by atoms with E-state index in [9.17, 15) is 4.79 Å². The molecule has 0 aromatic carbocycles. The molecule has 0 unspecified atom stereocenters. The molecular weight excluding hydrogens is 202 g/mol. The first kappa shape index (κ1) is 11.8. The molecule has 0 N–H and O–H groups in total. The summed E-state index contributed by atoms with van der Waals surface area (Å²) in [6.07, 6.45) is 0.452. The molecule has 3 nitrogen and oxygen atoms in total. The molecule has 0 radical (unpaired) electrons. The number of amides is 1. The minimum Gasteiger partial charge on any atom is -0.384 e. The zero-order valence-corrected chi connectivity index (χ0v) is 9.59. The molecule has 0 saturated carbocycles. The number of methoxy groups -OCH3 is 1. The van der Waals surface area contributed by atoms with Crippen LogP contribution in [0, 0.1) is 11.8 Å². The smallest absolute Gasteiger partial charge is 0.223 e. The Morgan fingerprint density at radius 1 is 1.57 bits per heavy atom. The second-order valence-electron chi connectivity index (χ2n) is 3.93. The van der Waals surface area contributed by atoms with Crippen molar-refractivity contribution in [2.75, 3.05) is 32.7 Å². The average molecular weight is 220 g/mol. The molecule has 4 heteroatoms. The van der Waals surface area contributed by atoms with Crippen LogP contribution in [0.4, 0.5) is 0 Å². The third-order valence-electron chi connectivity index (χ3n) is 2.81. The third-order valence-corrected chi connectivity index (χ3v) is 3.00. The highest BCUT2D eigenvalue weighted by Gasteiger charge is 2.31. The van der Waals surface area contributed by atoms with E-state index >= 15 is 0 Å². The van der Waals surface area contributed by atoms with E-state index in [1.54, 1.807) is 7.11 Å². The van der Waals surface area contributed by atoms with Crippen LogP contribution >= 0.6 is 11.6 Å². The molecule has 1 aliphatic heterocycles. The first-order chi connectivity index (χ1) is 6.69. The molecule has 1 aliphatic rings. The van der Waals surface area contributed by atoms with E-state index in [2.05, 4.69) is 6.92 Å². The topological polar surface area (TPSA) is 29.5 Å². The molecule has 14 heavy (non-hydrogen) atoms. The molecule has 0 aromatic heterocycles. The summed E-state index contributed by atoms with van der Waals surface area (Å²) >= 11 is 5.54. The number of hydrogen-bond acceptors (Lipinski definition) is 2. The highest BCUT2D eigenvalue weighted by molar-refractivity contribution is 6.18. The van der Waals surface area contributed by atoms with E-state index in [-0.39, 0.29) is 5.91 Å². The standard InChI is InChI=1S/C10H18ClNO2/c1-8-5-12(10(13)3-4-11)6-9(8)7-14-2/h8-9H,3-7H2,1-2H3/t8-,9-/m0/s1. The lowest BCUT2D eigenvalue weighted by atomic mass is 10.00. The van der Waals surface area contributed by atoms with Crippen LogP contribution in [0.1, 0.15) is 13.3 Å². The zero-order chi connectivity index (χ0) is 10.6. The largest absolute Gasteiger partial charge is 0.384 e. The van der Waals surface area contributed by atoms with Gasteiger partial charge in [-0.15, -0.1) is 11.6 Å². The summed E-state index contributed by atoms with van der Waals surface area (Å²) in [5, 5.41) is 0. The van der Waals surface area contributed by atoms with Crippen LogP contribution in [0.3, 0.4) is 0 Å². The van der Waals surface area contributed by atoms with Crippen LogP contribution in [0.5, 0.6) is 0 Å². The van der Waals surface area contributed by atoms with Crippen molar-refractivity contribution in [3.63, 3.8) is 0 Å². The number of rotatable bonds is 4. The Kier molecular flexibility index (Phi) is 4.69. The van der Waals surface area contributed by atoms with Crippen molar-refractivity contribution in [1.82, 2.24) is 4.90 Å². The van der Waals surface area contributed by atoms with Crippen molar-refractivity contribution in [1.29, 1.82) is 0 Å². The Morgan fingerprint density at radius 3 is 2.86 bits per heavy atom. The van der Waals surface area contributed by atoms with E-state index in [0.29, 0.717) is 24.1 Å². The fraction of sp³-hybridized carbons (Fsp3) is 0.900. The number of nitrogens with zero attached hydrogens (tertiary/aromatic N) is 1. The van der Waals surface area contributed by atoms with Gasteiger partial charge in [-0.05, 0) is 5.92 Å². The molecule has 1 amide bonds. The van der Waals surface area contributed by atoms with Gasteiger partial charge in [-0.2, -0.15) is 0 Å². The maximum atomic E-state index is 11.5. The van der Waals surface area contributed by atoms with E-state index in [1.807, 2.05) is 4.90 Å².